The first-order valence-electron chi connectivity index (χ1n) is 5.07. The summed E-state index contributed by atoms with van der Waals surface area (Å²) in [7, 11) is 0. The van der Waals surface area contributed by atoms with E-state index in [0.717, 1.165) is 5.69 Å². The van der Waals surface area contributed by atoms with Crippen LogP contribution in [0.3, 0.4) is 0 Å². The molecule has 0 aliphatic heterocycles. The van der Waals surface area contributed by atoms with Crippen molar-refractivity contribution in [2.75, 3.05) is 0 Å². The van der Waals surface area contributed by atoms with E-state index >= 15 is 0 Å². The lowest BCUT2D eigenvalue weighted by Crippen LogP contribution is -1.98. The highest BCUT2D eigenvalue weighted by Crippen LogP contribution is 2.18. The maximum absolute atomic E-state index is 5.54. The van der Waals surface area contributed by atoms with Gasteiger partial charge in [-0.3, -0.25) is 0 Å². The predicted octanol–water partition coefficient (Wildman–Crippen LogP) is 2.19. The van der Waals surface area contributed by atoms with Crippen LogP contribution in [0.1, 0.15) is 5.69 Å². The average molecular weight is 261 g/mol. The first-order chi connectivity index (χ1) is 8.93. The van der Waals surface area contributed by atoms with E-state index in [-0.39, 0.29) is 0 Å². The fraction of sp³-hybridized carbons (Fsp3) is 0.0909. The van der Waals surface area contributed by atoms with Crippen molar-refractivity contribution in [3.8, 4) is 5.88 Å². The van der Waals surface area contributed by atoms with E-state index in [1.54, 1.807) is 11.8 Å². The van der Waals surface area contributed by atoms with Crippen molar-refractivity contribution in [1.82, 2.24) is 24.9 Å². The second-order valence-corrected chi connectivity index (χ2v) is 3.77. The molecule has 7 heteroatoms. The number of imidazole rings is 1. The average Bonchev–Trinajstić information content (AvgIpc) is 3.09. The topological polar surface area (TPSA) is 76.6 Å². The number of hydrogen-bond acceptors (Lipinski definition) is 6. The summed E-state index contributed by atoms with van der Waals surface area (Å²) in [5.74, 6) is 0.496. The van der Waals surface area contributed by atoms with Gasteiger partial charge in [0.05, 0.1) is 17.5 Å². The SMILES string of the molecule is C=C.c1nc(OCc2cscn2)c2[nH]cnc2n1. The molecule has 0 aromatic carbocycles. The van der Waals surface area contributed by atoms with Gasteiger partial charge in [0.15, 0.2) is 5.65 Å². The number of ether oxygens (including phenoxy) is 1. The standard InChI is InChI=1S/C9H7N5OS.C2H4/c1(6-2-16-5-14-6)15-9-7-8(11-3-10-7)12-4-13-9;1-2/h2-5H,1H2,(H,10,11,12,13);1-2H2. The highest BCUT2D eigenvalue weighted by atomic mass is 32.1. The van der Waals surface area contributed by atoms with Gasteiger partial charge in [0.25, 0.3) is 0 Å². The molecule has 3 aromatic heterocycles. The summed E-state index contributed by atoms with van der Waals surface area (Å²) < 4.78 is 5.54. The molecule has 3 rings (SSSR count). The lowest BCUT2D eigenvalue weighted by molar-refractivity contribution is 0.293. The molecular weight excluding hydrogens is 250 g/mol. The van der Waals surface area contributed by atoms with E-state index in [2.05, 4.69) is 38.1 Å². The zero-order chi connectivity index (χ0) is 12.8. The van der Waals surface area contributed by atoms with Crippen molar-refractivity contribution >= 4 is 22.5 Å². The third-order valence-electron chi connectivity index (χ3n) is 2.03. The Morgan fingerprint density at radius 3 is 2.89 bits per heavy atom. The molecule has 0 amide bonds. The minimum atomic E-state index is 0.397. The predicted molar refractivity (Wildman–Crippen MR) is 69.4 cm³/mol. The quantitative estimate of drug-likeness (QED) is 0.731. The van der Waals surface area contributed by atoms with Crippen molar-refractivity contribution in [3.05, 3.63) is 42.4 Å². The zero-order valence-corrected chi connectivity index (χ0v) is 10.4. The molecule has 92 valence electrons. The monoisotopic (exact) mass is 261 g/mol. The number of nitrogens with one attached hydrogen (secondary N) is 1. The van der Waals surface area contributed by atoms with E-state index in [9.17, 15) is 0 Å². The van der Waals surface area contributed by atoms with Crippen LogP contribution in [0.4, 0.5) is 0 Å². The van der Waals surface area contributed by atoms with Gasteiger partial charge >= 0.3 is 0 Å². The summed E-state index contributed by atoms with van der Waals surface area (Å²) in [4.78, 5) is 19.1. The normalized spacial score (nSPS) is 9.78. The zero-order valence-electron chi connectivity index (χ0n) is 9.54. The number of rotatable bonds is 3. The molecule has 0 aliphatic carbocycles. The van der Waals surface area contributed by atoms with E-state index < -0.39 is 0 Å². The summed E-state index contributed by atoms with van der Waals surface area (Å²) in [6, 6.07) is 0. The Morgan fingerprint density at radius 2 is 2.11 bits per heavy atom. The van der Waals surface area contributed by atoms with Crippen LogP contribution in [0.2, 0.25) is 0 Å². The Bertz CT molecular complexity index is 607. The molecular formula is C11H11N5OS. The summed E-state index contributed by atoms with van der Waals surface area (Å²) in [6.45, 7) is 6.40. The summed E-state index contributed by atoms with van der Waals surface area (Å²) >= 11 is 1.54. The minimum Gasteiger partial charge on any atom is -0.470 e. The highest BCUT2D eigenvalue weighted by molar-refractivity contribution is 7.07. The van der Waals surface area contributed by atoms with Gasteiger partial charge in [-0.15, -0.1) is 24.5 Å². The van der Waals surface area contributed by atoms with Crippen molar-refractivity contribution in [2.45, 2.75) is 6.61 Å². The maximum atomic E-state index is 5.54. The van der Waals surface area contributed by atoms with Crippen LogP contribution in [0.25, 0.3) is 11.2 Å². The number of H-pyrrole nitrogens is 1. The van der Waals surface area contributed by atoms with Crippen LogP contribution in [-0.4, -0.2) is 24.9 Å². The van der Waals surface area contributed by atoms with E-state index in [1.165, 1.54) is 17.7 Å². The Labute approximate surface area is 107 Å². The van der Waals surface area contributed by atoms with Crippen molar-refractivity contribution in [3.63, 3.8) is 0 Å². The minimum absolute atomic E-state index is 0.397. The van der Waals surface area contributed by atoms with Crippen LogP contribution in [0, 0.1) is 0 Å². The van der Waals surface area contributed by atoms with Gasteiger partial charge in [-0.2, -0.15) is 4.98 Å². The molecule has 0 radical (unpaired) electrons. The molecule has 18 heavy (non-hydrogen) atoms. The van der Waals surface area contributed by atoms with Crippen LogP contribution in [0.5, 0.6) is 5.88 Å². The van der Waals surface area contributed by atoms with E-state index in [4.69, 9.17) is 4.74 Å². The van der Waals surface area contributed by atoms with Crippen LogP contribution < -0.4 is 4.74 Å². The number of thiazole rings is 1. The highest BCUT2D eigenvalue weighted by Gasteiger charge is 2.07. The lowest BCUT2D eigenvalue weighted by atomic mass is 10.5. The number of aromatic nitrogens is 5. The van der Waals surface area contributed by atoms with Gasteiger partial charge in [-0.1, -0.05) is 0 Å². The van der Waals surface area contributed by atoms with Crippen LogP contribution in [0.15, 0.2) is 36.7 Å². The number of nitrogens with zero attached hydrogens (tertiary/aromatic N) is 4. The summed E-state index contributed by atoms with van der Waals surface area (Å²) in [6.07, 6.45) is 2.99. The molecule has 3 heterocycles. The summed E-state index contributed by atoms with van der Waals surface area (Å²) in [5, 5.41) is 1.94. The van der Waals surface area contributed by atoms with Gasteiger partial charge in [0.1, 0.15) is 18.5 Å². The second kappa shape index (κ2) is 5.87. The number of hydrogen-bond donors (Lipinski definition) is 1. The molecule has 3 aromatic rings. The largest absolute Gasteiger partial charge is 0.470 e. The fourth-order valence-electron chi connectivity index (χ4n) is 1.30. The molecule has 0 bridgehead atoms. The molecule has 0 unspecified atom stereocenters. The van der Waals surface area contributed by atoms with Gasteiger partial charge in [0, 0.05) is 5.38 Å². The van der Waals surface area contributed by atoms with Gasteiger partial charge < -0.3 is 9.72 Å². The third-order valence-corrected chi connectivity index (χ3v) is 2.66. The first-order valence-corrected chi connectivity index (χ1v) is 6.02. The molecule has 0 fully saturated rings. The van der Waals surface area contributed by atoms with Gasteiger partial charge in [0.2, 0.25) is 5.88 Å². The van der Waals surface area contributed by atoms with Crippen molar-refractivity contribution in [2.24, 2.45) is 0 Å². The molecule has 0 saturated heterocycles. The van der Waals surface area contributed by atoms with Gasteiger partial charge in [-0.25, -0.2) is 15.0 Å². The second-order valence-electron chi connectivity index (χ2n) is 3.05. The Morgan fingerprint density at radius 1 is 1.22 bits per heavy atom. The molecule has 0 aliphatic rings. The Hall–Kier alpha value is -2.28. The van der Waals surface area contributed by atoms with Crippen LogP contribution in [-0.2, 0) is 6.61 Å². The van der Waals surface area contributed by atoms with E-state index in [1.807, 2.05) is 5.38 Å². The third kappa shape index (κ3) is 2.51. The fourth-order valence-corrected chi connectivity index (χ4v) is 1.85. The summed E-state index contributed by atoms with van der Waals surface area (Å²) in [5.41, 5.74) is 3.96. The van der Waals surface area contributed by atoms with Crippen LogP contribution >= 0.6 is 11.3 Å². The molecule has 0 atom stereocenters. The maximum Gasteiger partial charge on any atom is 0.243 e. The number of aromatic amines is 1. The smallest absolute Gasteiger partial charge is 0.243 e. The van der Waals surface area contributed by atoms with Crippen molar-refractivity contribution < 1.29 is 4.74 Å². The van der Waals surface area contributed by atoms with Crippen molar-refractivity contribution in [1.29, 1.82) is 0 Å². The molecule has 6 nitrogen and oxygen atoms in total. The molecule has 1 N–H and O–H groups in total. The first kappa shape index (κ1) is 12.2. The molecule has 0 saturated carbocycles. The number of fused-ring (bicyclic) bond motifs is 1. The Balaban J connectivity index is 0.000000574. The molecule has 0 spiro atoms. The lowest BCUT2D eigenvalue weighted by Gasteiger charge is -2.02. The van der Waals surface area contributed by atoms with E-state index in [0.29, 0.717) is 23.7 Å². The Kier molecular flexibility index (Phi) is 3.98. The van der Waals surface area contributed by atoms with Gasteiger partial charge in [-0.05, 0) is 0 Å².